The van der Waals surface area contributed by atoms with Crippen LogP contribution < -0.4 is 0 Å². The van der Waals surface area contributed by atoms with Crippen LogP contribution in [0.4, 0.5) is 0 Å². The van der Waals surface area contributed by atoms with E-state index in [-0.39, 0.29) is 16.4 Å². The summed E-state index contributed by atoms with van der Waals surface area (Å²) < 4.78 is 3.00. The number of fused-ring (bicyclic) bond motifs is 2. The first kappa shape index (κ1) is 11.8. The fourth-order valence-corrected chi connectivity index (χ4v) is 2.24. The fraction of sp³-hybridized carbons (Fsp3) is 0. The first-order valence-electron chi connectivity index (χ1n) is 5.66. The van der Waals surface area contributed by atoms with E-state index in [1.807, 2.05) is 0 Å². The van der Waals surface area contributed by atoms with E-state index >= 15 is 0 Å². The van der Waals surface area contributed by atoms with Crippen LogP contribution in [0.3, 0.4) is 0 Å². The normalized spacial score (nSPS) is 11.5. The van der Waals surface area contributed by atoms with Gasteiger partial charge in [0.25, 0.3) is 0 Å². The minimum atomic E-state index is -0.420. The number of aromatic nitrogens is 8. The summed E-state index contributed by atoms with van der Waals surface area (Å²) in [4.78, 5) is 23.5. The van der Waals surface area contributed by atoms with E-state index < -0.39 is 6.01 Å². The van der Waals surface area contributed by atoms with E-state index in [1.165, 1.54) is 28.3 Å². The molecule has 21 heavy (non-hydrogen) atoms. The monoisotopic (exact) mass is 302 g/mol. The van der Waals surface area contributed by atoms with Gasteiger partial charge < -0.3 is 10.2 Å². The lowest BCUT2D eigenvalue weighted by molar-refractivity contribution is 0.427. The molecule has 104 valence electrons. The van der Waals surface area contributed by atoms with Crippen LogP contribution in [0.5, 0.6) is 11.9 Å². The van der Waals surface area contributed by atoms with Crippen molar-refractivity contribution in [3.63, 3.8) is 0 Å². The SMILES string of the molecule is Oc1nc(S)c2ncn(-n3cnc4c(O)ncnc43)c2n1. The Labute approximate surface area is 121 Å². The minimum absolute atomic E-state index is 0.226. The first-order chi connectivity index (χ1) is 10.1. The highest BCUT2D eigenvalue weighted by atomic mass is 32.1. The van der Waals surface area contributed by atoms with Crippen molar-refractivity contribution in [1.29, 1.82) is 0 Å². The molecule has 2 N–H and O–H groups in total. The second-order valence-corrected chi connectivity index (χ2v) is 4.49. The summed E-state index contributed by atoms with van der Waals surface area (Å²) in [7, 11) is 0. The van der Waals surface area contributed by atoms with E-state index in [1.54, 1.807) is 0 Å². The molecule has 0 aliphatic rings. The highest BCUT2D eigenvalue weighted by Gasteiger charge is 2.15. The van der Waals surface area contributed by atoms with Crippen LogP contribution in [-0.2, 0) is 0 Å². The van der Waals surface area contributed by atoms with Crippen LogP contribution in [0.1, 0.15) is 0 Å². The van der Waals surface area contributed by atoms with E-state index in [4.69, 9.17) is 0 Å². The summed E-state index contributed by atoms with van der Waals surface area (Å²) in [6.45, 7) is 0. The van der Waals surface area contributed by atoms with Crippen molar-refractivity contribution in [3.8, 4) is 11.9 Å². The number of rotatable bonds is 1. The average molecular weight is 302 g/mol. The van der Waals surface area contributed by atoms with Gasteiger partial charge in [0.1, 0.15) is 29.5 Å². The Morgan fingerprint density at radius 3 is 2.38 bits per heavy atom. The second kappa shape index (κ2) is 4.02. The Balaban J connectivity index is 2.07. The molecule has 0 radical (unpaired) electrons. The minimum Gasteiger partial charge on any atom is -0.492 e. The van der Waals surface area contributed by atoms with Crippen LogP contribution in [0.2, 0.25) is 0 Å². The molecule has 4 aromatic rings. The summed E-state index contributed by atoms with van der Waals surface area (Å²) in [6.07, 6.45) is 4.10. The molecular formula is C10H6N8O2S. The molecule has 10 nitrogen and oxygen atoms in total. The van der Waals surface area contributed by atoms with Crippen molar-refractivity contribution in [2.45, 2.75) is 5.03 Å². The molecule has 4 aromatic heterocycles. The van der Waals surface area contributed by atoms with Crippen molar-refractivity contribution < 1.29 is 10.2 Å². The molecule has 0 atom stereocenters. The maximum atomic E-state index is 9.65. The van der Waals surface area contributed by atoms with Gasteiger partial charge in [0.15, 0.2) is 16.8 Å². The van der Waals surface area contributed by atoms with E-state index in [0.29, 0.717) is 16.8 Å². The van der Waals surface area contributed by atoms with Crippen LogP contribution in [-0.4, -0.2) is 49.5 Å². The zero-order chi connectivity index (χ0) is 14.6. The third kappa shape index (κ3) is 1.61. The first-order valence-corrected chi connectivity index (χ1v) is 6.10. The topological polar surface area (TPSA) is 128 Å². The quantitative estimate of drug-likeness (QED) is 0.330. The van der Waals surface area contributed by atoms with Gasteiger partial charge in [-0.15, -0.1) is 12.6 Å². The molecule has 4 heterocycles. The van der Waals surface area contributed by atoms with Gasteiger partial charge in [-0.3, -0.25) is 0 Å². The van der Waals surface area contributed by atoms with Crippen molar-refractivity contribution >= 4 is 35.0 Å². The standard InChI is InChI=1S/C10H6N8O2S/c19-8-4-6(11-1-12-8)17(2-13-4)18-3-14-5-7(18)15-10(20)16-9(5)21/h1-3H,(H,11,12,19)(H2,15,16,20,21). The summed E-state index contributed by atoms with van der Waals surface area (Å²) >= 11 is 4.14. The Morgan fingerprint density at radius 1 is 0.857 bits per heavy atom. The maximum absolute atomic E-state index is 9.65. The van der Waals surface area contributed by atoms with Gasteiger partial charge in [0.05, 0.1) is 0 Å². The summed E-state index contributed by atoms with van der Waals surface area (Å²) in [6, 6.07) is -0.420. The molecule has 11 heteroatoms. The molecule has 4 rings (SSSR count). The number of aromatic hydroxyl groups is 2. The van der Waals surface area contributed by atoms with Crippen molar-refractivity contribution in [2.75, 3.05) is 0 Å². The number of imidazole rings is 2. The van der Waals surface area contributed by atoms with Gasteiger partial charge in [0, 0.05) is 0 Å². The Morgan fingerprint density at radius 2 is 1.57 bits per heavy atom. The fourth-order valence-electron chi connectivity index (χ4n) is 1.99. The number of hydrogen-bond donors (Lipinski definition) is 3. The Hall–Kier alpha value is -2.95. The van der Waals surface area contributed by atoms with Crippen LogP contribution in [0, 0.1) is 0 Å². The molecular weight excluding hydrogens is 296 g/mol. The van der Waals surface area contributed by atoms with Crippen LogP contribution in [0.25, 0.3) is 22.3 Å². The average Bonchev–Trinajstić information content (AvgIpc) is 3.03. The summed E-state index contributed by atoms with van der Waals surface area (Å²) in [5.41, 5.74) is 1.34. The number of nitrogens with zero attached hydrogens (tertiary/aromatic N) is 8. The lowest BCUT2D eigenvalue weighted by Crippen LogP contribution is -2.08. The van der Waals surface area contributed by atoms with E-state index in [2.05, 4.69) is 42.5 Å². The predicted octanol–water partition coefficient (Wildman–Crippen LogP) is -0.0227. The molecule has 0 bridgehead atoms. The van der Waals surface area contributed by atoms with Crippen molar-refractivity contribution in [3.05, 3.63) is 19.0 Å². The third-order valence-electron chi connectivity index (χ3n) is 2.88. The third-order valence-corrected chi connectivity index (χ3v) is 3.19. The predicted molar refractivity (Wildman–Crippen MR) is 72.0 cm³/mol. The van der Waals surface area contributed by atoms with E-state index in [9.17, 15) is 10.2 Å². The van der Waals surface area contributed by atoms with Gasteiger partial charge >= 0.3 is 6.01 Å². The lowest BCUT2D eigenvalue weighted by atomic mass is 10.5. The molecule has 0 unspecified atom stereocenters. The number of thiol groups is 1. The summed E-state index contributed by atoms with van der Waals surface area (Å²) in [5, 5.41) is 19.4. The van der Waals surface area contributed by atoms with E-state index in [0.717, 1.165) is 0 Å². The van der Waals surface area contributed by atoms with Gasteiger partial charge in [0.2, 0.25) is 5.88 Å². The molecule has 0 saturated carbocycles. The molecule has 0 fully saturated rings. The zero-order valence-corrected chi connectivity index (χ0v) is 11.0. The largest absolute Gasteiger partial charge is 0.492 e. The second-order valence-electron chi connectivity index (χ2n) is 4.07. The van der Waals surface area contributed by atoms with Crippen molar-refractivity contribution in [2.24, 2.45) is 0 Å². The number of hydrogen-bond acceptors (Lipinski definition) is 9. The molecule has 0 amide bonds. The smallest absolute Gasteiger partial charge is 0.317 e. The Kier molecular flexibility index (Phi) is 2.27. The zero-order valence-electron chi connectivity index (χ0n) is 10.2. The Bertz CT molecular complexity index is 993. The van der Waals surface area contributed by atoms with Crippen LogP contribution >= 0.6 is 12.6 Å². The molecule has 0 aliphatic heterocycles. The van der Waals surface area contributed by atoms with Gasteiger partial charge in [-0.05, 0) is 0 Å². The maximum Gasteiger partial charge on any atom is 0.317 e. The lowest BCUT2D eigenvalue weighted by Gasteiger charge is -2.05. The molecule has 0 aromatic carbocycles. The molecule has 0 spiro atoms. The van der Waals surface area contributed by atoms with Crippen molar-refractivity contribution in [1.82, 2.24) is 39.3 Å². The highest BCUT2D eigenvalue weighted by molar-refractivity contribution is 7.80. The molecule has 0 aliphatic carbocycles. The summed E-state index contributed by atoms with van der Waals surface area (Å²) in [5.74, 6) is -0.226. The van der Waals surface area contributed by atoms with Gasteiger partial charge in [-0.1, -0.05) is 0 Å². The van der Waals surface area contributed by atoms with Gasteiger partial charge in [-0.2, -0.15) is 15.0 Å². The molecule has 0 saturated heterocycles. The van der Waals surface area contributed by atoms with Crippen LogP contribution in [0.15, 0.2) is 24.0 Å². The highest BCUT2D eigenvalue weighted by Crippen LogP contribution is 2.22. The van der Waals surface area contributed by atoms with Gasteiger partial charge in [-0.25, -0.2) is 24.3 Å².